The molecular formula is C11H11NOS. The number of thiazole rings is 1. The molecule has 0 aliphatic carbocycles. The fourth-order valence-electron chi connectivity index (χ4n) is 1.27. The summed E-state index contributed by atoms with van der Waals surface area (Å²) < 4.78 is 6.60. The number of hydrogen-bond acceptors (Lipinski definition) is 3. The highest BCUT2D eigenvalue weighted by Gasteiger charge is 2.01. The molecule has 0 aliphatic rings. The number of ether oxygens (including phenoxy) is 1. The second-order valence-electron chi connectivity index (χ2n) is 2.96. The van der Waals surface area contributed by atoms with E-state index in [1.54, 1.807) is 17.4 Å². The first-order chi connectivity index (χ1) is 6.79. The summed E-state index contributed by atoms with van der Waals surface area (Å²) in [6.45, 7) is 6.16. The molecule has 14 heavy (non-hydrogen) atoms. The minimum atomic E-state index is 0.545. The van der Waals surface area contributed by atoms with Crippen molar-refractivity contribution in [2.75, 3.05) is 6.61 Å². The van der Waals surface area contributed by atoms with Gasteiger partial charge < -0.3 is 4.74 Å². The highest BCUT2D eigenvalue weighted by molar-refractivity contribution is 7.18. The lowest BCUT2D eigenvalue weighted by Crippen LogP contribution is -1.91. The van der Waals surface area contributed by atoms with Crippen molar-refractivity contribution in [2.45, 2.75) is 6.92 Å². The van der Waals surface area contributed by atoms with Crippen LogP contribution in [0, 0.1) is 6.92 Å². The number of benzene rings is 1. The molecule has 72 valence electrons. The van der Waals surface area contributed by atoms with Crippen LogP contribution in [0.15, 0.2) is 30.9 Å². The maximum atomic E-state index is 5.43. The van der Waals surface area contributed by atoms with Gasteiger partial charge in [0.15, 0.2) is 0 Å². The summed E-state index contributed by atoms with van der Waals surface area (Å²) >= 11 is 1.68. The van der Waals surface area contributed by atoms with Crippen molar-refractivity contribution < 1.29 is 4.74 Å². The Labute approximate surface area is 86.9 Å². The summed E-state index contributed by atoms with van der Waals surface area (Å²) in [6, 6.07) is 5.94. The molecule has 0 bridgehead atoms. The molecule has 0 aliphatic heterocycles. The average molecular weight is 205 g/mol. The van der Waals surface area contributed by atoms with Gasteiger partial charge >= 0.3 is 0 Å². The molecular weight excluding hydrogens is 194 g/mol. The van der Waals surface area contributed by atoms with E-state index in [1.165, 1.54) is 4.70 Å². The normalized spacial score (nSPS) is 10.4. The monoisotopic (exact) mass is 205 g/mol. The third-order valence-electron chi connectivity index (χ3n) is 1.83. The number of nitrogens with zero attached hydrogens (tertiary/aromatic N) is 1. The lowest BCUT2D eigenvalue weighted by atomic mass is 10.3. The molecule has 0 radical (unpaired) electrons. The second-order valence-corrected chi connectivity index (χ2v) is 4.20. The molecule has 3 heteroatoms. The van der Waals surface area contributed by atoms with Crippen LogP contribution in [0.1, 0.15) is 5.01 Å². The topological polar surface area (TPSA) is 22.1 Å². The van der Waals surface area contributed by atoms with Gasteiger partial charge in [0.1, 0.15) is 12.4 Å². The maximum absolute atomic E-state index is 5.43. The van der Waals surface area contributed by atoms with Gasteiger partial charge in [0.2, 0.25) is 0 Å². The quantitative estimate of drug-likeness (QED) is 0.718. The largest absolute Gasteiger partial charge is 0.490 e. The van der Waals surface area contributed by atoms with E-state index in [4.69, 9.17) is 4.74 Å². The van der Waals surface area contributed by atoms with E-state index in [1.807, 2.05) is 25.1 Å². The summed E-state index contributed by atoms with van der Waals surface area (Å²) in [7, 11) is 0. The van der Waals surface area contributed by atoms with Gasteiger partial charge in [0.05, 0.1) is 15.2 Å². The minimum Gasteiger partial charge on any atom is -0.490 e. The second kappa shape index (κ2) is 3.80. The smallest absolute Gasteiger partial charge is 0.121 e. The van der Waals surface area contributed by atoms with Crippen LogP contribution in [0.25, 0.3) is 10.2 Å². The van der Waals surface area contributed by atoms with E-state index in [-0.39, 0.29) is 0 Å². The first-order valence-corrected chi connectivity index (χ1v) is 5.22. The van der Waals surface area contributed by atoms with Crippen molar-refractivity contribution in [3.05, 3.63) is 35.9 Å². The zero-order valence-electron chi connectivity index (χ0n) is 7.99. The standard InChI is InChI=1S/C11H11NOS/c1-3-6-13-9-4-5-10-11(7-9)14-8(2)12-10/h3-5,7H,1,6H2,2H3. The zero-order valence-corrected chi connectivity index (χ0v) is 8.80. The van der Waals surface area contributed by atoms with E-state index in [0.29, 0.717) is 6.61 Å². The summed E-state index contributed by atoms with van der Waals surface area (Å²) in [6.07, 6.45) is 1.74. The Balaban J connectivity index is 2.35. The highest BCUT2D eigenvalue weighted by atomic mass is 32.1. The van der Waals surface area contributed by atoms with Crippen molar-refractivity contribution >= 4 is 21.6 Å². The van der Waals surface area contributed by atoms with Crippen LogP contribution in [-0.4, -0.2) is 11.6 Å². The van der Waals surface area contributed by atoms with Gasteiger partial charge in [0, 0.05) is 0 Å². The highest BCUT2D eigenvalue weighted by Crippen LogP contribution is 2.25. The van der Waals surface area contributed by atoms with Crippen molar-refractivity contribution in [3.63, 3.8) is 0 Å². The molecule has 0 atom stereocenters. The van der Waals surface area contributed by atoms with Crippen molar-refractivity contribution in [1.82, 2.24) is 4.98 Å². The molecule has 2 aromatic rings. The molecule has 1 aromatic heterocycles. The molecule has 2 nitrogen and oxygen atoms in total. The van der Waals surface area contributed by atoms with Gasteiger partial charge in [-0.05, 0) is 25.1 Å². The SMILES string of the molecule is C=CCOc1ccc2nc(C)sc2c1. The number of hydrogen-bond donors (Lipinski definition) is 0. The van der Waals surface area contributed by atoms with E-state index >= 15 is 0 Å². The summed E-state index contributed by atoms with van der Waals surface area (Å²) in [5, 5.41) is 1.08. The molecule has 0 saturated carbocycles. The van der Waals surface area contributed by atoms with E-state index in [0.717, 1.165) is 16.3 Å². The molecule has 0 unspecified atom stereocenters. The first kappa shape index (κ1) is 9.21. The molecule has 0 fully saturated rings. The van der Waals surface area contributed by atoms with Crippen LogP contribution in [0.3, 0.4) is 0 Å². The van der Waals surface area contributed by atoms with Gasteiger partial charge in [-0.15, -0.1) is 11.3 Å². The van der Waals surface area contributed by atoms with Crippen LogP contribution in [0.5, 0.6) is 5.75 Å². The van der Waals surface area contributed by atoms with Gasteiger partial charge in [-0.3, -0.25) is 0 Å². The van der Waals surface area contributed by atoms with E-state index in [9.17, 15) is 0 Å². The van der Waals surface area contributed by atoms with Crippen LogP contribution < -0.4 is 4.74 Å². The van der Waals surface area contributed by atoms with Crippen LogP contribution in [0.2, 0.25) is 0 Å². The molecule has 2 rings (SSSR count). The molecule has 0 N–H and O–H groups in total. The third-order valence-corrected chi connectivity index (χ3v) is 2.77. The van der Waals surface area contributed by atoms with Gasteiger partial charge in [-0.2, -0.15) is 0 Å². The summed E-state index contributed by atoms with van der Waals surface area (Å²) in [4.78, 5) is 4.38. The van der Waals surface area contributed by atoms with E-state index < -0.39 is 0 Å². The van der Waals surface area contributed by atoms with Crippen molar-refractivity contribution in [1.29, 1.82) is 0 Å². The number of fused-ring (bicyclic) bond motifs is 1. The molecule has 1 heterocycles. The Morgan fingerprint density at radius 1 is 1.57 bits per heavy atom. The van der Waals surface area contributed by atoms with Gasteiger partial charge in [0.25, 0.3) is 0 Å². The predicted molar refractivity (Wildman–Crippen MR) is 60.0 cm³/mol. The van der Waals surface area contributed by atoms with Crippen molar-refractivity contribution in [3.8, 4) is 5.75 Å². The Kier molecular flexibility index (Phi) is 2.50. The number of aryl methyl sites for hydroxylation is 1. The lowest BCUT2D eigenvalue weighted by Gasteiger charge is -2.01. The van der Waals surface area contributed by atoms with Crippen LogP contribution in [-0.2, 0) is 0 Å². The van der Waals surface area contributed by atoms with Gasteiger partial charge in [-0.1, -0.05) is 12.7 Å². The van der Waals surface area contributed by atoms with Crippen LogP contribution in [0.4, 0.5) is 0 Å². The zero-order chi connectivity index (χ0) is 9.97. The lowest BCUT2D eigenvalue weighted by molar-refractivity contribution is 0.364. The number of aromatic nitrogens is 1. The average Bonchev–Trinajstić information content (AvgIpc) is 2.54. The fraction of sp³-hybridized carbons (Fsp3) is 0.182. The summed E-state index contributed by atoms with van der Waals surface area (Å²) in [5.41, 5.74) is 1.04. The van der Waals surface area contributed by atoms with Crippen molar-refractivity contribution in [2.24, 2.45) is 0 Å². The Morgan fingerprint density at radius 2 is 2.43 bits per heavy atom. The molecule has 0 amide bonds. The predicted octanol–water partition coefficient (Wildman–Crippen LogP) is 3.17. The first-order valence-electron chi connectivity index (χ1n) is 4.40. The Hall–Kier alpha value is -1.35. The molecule has 1 aromatic carbocycles. The van der Waals surface area contributed by atoms with Gasteiger partial charge in [-0.25, -0.2) is 4.98 Å². The third kappa shape index (κ3) is 1.77. The fourth-order valence-corrected chi connectivity index (χ4v) is 2.12. The minimum absolute atomic E-state index is 0.545. The number of rotatable bonds is 3. The Bertz CT molecular complexity index is 461. The molecule has 0 saturated heterocycles. The van der Waals surface area contributed by atoms with Crippen LogP contribution >= 0.6 is 11.3 Å². The van der Waals surface area contributed by atoms with E-state index in [2.05, 4.69) is 11.6 Å². The Morgan fingerprint density at radius 3 is 3.21 bits per heavy atom. The molecule has 0 spiro atoms. The maximum Gasteiger partial charge on any atom is 0.121 e. The summed E-state index contributed by atoms with van der Waals surface area (Å²) in [5.74, 6) is 0.876.